The fraction of sp³-hybridized carbons (Fsp3) is 0.167. The van der Waals surface area contributed by atoms with Gasteiger partial charge in [0.15, 0.2) is 0 Å². The smallest absolute Gasteiger partial charge is 0.0723 e. The molecule has 4 heteroatoms. The molecule has 2 aromatic heterocycles. The Bertz CT molecular complexity index is 445. The summed E-state index contributed by atoms with van der Waals surface area (Å²) in [4.78, 5) is 8.34. The number of rotatable bonds is 4. The minimum absolute atomic E-state index is 0.0938. The van der Waals surface area contributed by atoms with E-state index in [0.717, 1.165) is 16.9 Å². The number of aliphatic hydroxyl groups is 1. The van der Waals surface area contributed by atoms with Gasteiger partial charge in [-0.2, -0.15) is 0 Å². The van der Waals surface area contributed by atoms with Crippen molar-refractivity contribution < 1.29 is 5.11 Å². The van der Waals surface area contributed by atoms with Crippen LogP contribution in [0.5, 0.6) is 0 Å². The molecule has 0 fully saturated rings. The lowest BCUT2D eigenvalue weighted by Gasteiger charge is -2.09. The van der Waals surface area contributed by atoms with Gasteiger partial charge < -0.3 is 10.4 Å². The molecule has 0 aliphatic rings. The van der Waals surface area contributed by atoms with E-state index in [1.807, 2.05) is 24.3 Å². The molecule has 0 saturated heterocycles. The van der Waals surface area contributed by atoms with E-state index in [-0.39, 0.29) is 6.61 Å². The first kappa shape index (κ1) is 10.6. The summed E-state index contributed by atoms with van der Waals surface area (Å²) in [6, 6.07) is 7.67. The Morgan fingerprint density at radius 2 is 2.12 bits per heavy atom. The number of pyridine rings is 2. The topological polar surface area (TPSA) is 58.0 Å². The van der Waals surface area contributed by atoms with Crippen LogP contribution in [0.1, 0.15) is 0 Å². The lowest BCUT2D eigenvalue weighted by molar-refractivity contribution is 0.311. The average Bonchev–Trinajstić information content (AvgIpc) is 2.38. The molecule has 0 atom stereocenters. The molecule has 16 heavy (non-hydrogen) atoms. The van der Waals surface area contributed by atoms with Crippen LogP contribution in [-0.4, -0.2) is 28.2 Å². The second kappa shape index (κ2) is 5.23. The molecule has 0 amide bonds. The molecular formula is C12H13N3O. The zero-order valence-corrected chi connectivity index (χ0v) is 8.80. The van der Waals surface area contributed by atoms with Crippen molar-refractivity contribution in [3.05, 3.63) is 42.9 Å². The Morgan fingerprint density at radius 1 is 1.19 bits per heavy atom. The van der Waals surface area contributed by atoms with Gasteiger partial charge in [-0.05, 0) is 18.2 Å². The number of aliphatic hydroxyl groups excluding tert-OH is 1. The third kappa shape index (κ3) is 2.35. The van der Waals surface area contributed by atoms with Gasteiger partial charge in [-0.15, -0.1) is 0 Å². The molecule has 4 nitrogen and oxygen atoms in total. The van der Waals surface area contributed by atoms with Crippen molar-refractivity contribution in [1.29, 1.82) is 0 Å². The molecule has 0 bridgehead atoms. The molecule has 2 N–H and O–H groups in total. The summed E-state index contributed by atoms with van der Waals surface area (Å²) in [5.41, 5.74) is 2.77. The molecule has 0 spiro atoms. The molecule has 0 saturated carbocycles. The Morgan fingerprint density at radius 3 is 2.88 bits per heavy atom. The number of aromatic nitrogens is 2. The van der Waals surface area contributed by atoms with Crippen molar-refractivity contribution >= 4 is 5.69 Å². The first-order valence-corrected chi connectivity index (χ1v) is 5.12. The van der Waals surface area contributed by atoms with Gasteiger partial charge in [-0.25, -0.2) is 0 Å². The first-order valence-electron chi connectivity index (χ1n) is 5.12. The molecule has 2 aromatic rings. The number of anilines is 1. The predicted molar refractivity (Wildman–Crippen MR) is 63.0 cm³/mol. The van der Waals surface area contributed by atoms with E-state index in [4.69, 9.17) is 5.11 Å². The lowest BCUT2D eigenvalue weighted by Crippen LogP contribution is -2.06. The van der Waals surface area contributed by atoms with E-state index in [2.05, 4.69) is 15.3 Å². The van der Waals surface area contributed by atoms with Gasteiger partial charge >= 0.3 is 0 Å². The van der Waals surface area contributed by atoms with Crippen molar-refractivity contribution in [1.82, 2.24) is 9.97 Å². The summed E-state index contributed by atoms with van der Waals surface area (Å²) in [7, 11) is 0. The number of hydrogen-bond acceptors (Lipinski definition) is 4. The maximum absolute atomic E-state index is 8.79. The highest BCUT2D eigenvalue weighted by Crippen LogP contribution is 2.24. The highest BCUT2D eigenvalue weighted by molar-refractivity contribution is 5.74. The van der Waals surface area contributed by atoms with Crippen LogP contribution in [-0.2, 0) is 0 Å². The summed E-state index contributed by atoms with van der Waals surface area (Å²) in [5.74, 6) is 0. The monoisotopic (exact) mass is 215 g/mol. The fourth-order valence-corrected chi connectivity index (χ4v) is 1.47. The zero-order chi connectivity index (χ0) is 11.2. The maximum Gasteiger partial charge on any atom is 0.0723 e. The Kier molecular flexibility index (Phi) is 3.46. The number of nitrogens with zero attached hydrogens (tertiary/aromatic N) is 2. The molecule has 82 valence electrons. The molecular weight excluding hydrogens is 202 g/mol. The highest BCUT2D eigenvalue weighted by atomic mass is 16.3. The van der Waals surface area contributed by atoms with E-state index >= 15 is 0 Å². The van der Waals surface area contributed by atoms with Crippen LogP contribution in [0.15, 0.2) is 42.9 Å². The third-order valence-electron chi connectivity index (χ3n) is 2.19. The van der Waals surface area contributed by atoms with Gasteiger partial charge in [0.25, 0.3) is 0 Å². The lowest BCUT2D eigenvalue weighted by atomic mass is 10.1. The second-order valence-corrected chi connectivity index (χ2v) is 3.29. The summed E-state index contributed by atoms with van der Waals surface area (Å²) in [6.07, 6.45) is 5.22. The molecule has 0 aromatic carbocycles. The Labute approximate surface area is 94.0 Å². The summed E-state index contributed by atoms with van der Waals surface area (Å²) >= 11 is 0. The Hall–Kier alpha value is -1.94. The highest BCUT2D eigenvalue weighted by Gasteiger charge is 2.04. The van der Waals surface area contributed by atoms with E-state index in [1.54, 1.807) is 18.6 Å². The zero-order valence-electron chi connectivity index (χ0n) is 8.80. The van der Waals surface area contributed by atoms with Gasteiger partial charge in [-0.1, -0.05) is 6.07 Å². The van der Waals surface area contributed by atoms with Crippen LogP contribution in [0.25, 0.3) is 11.3 Å². The summed E-state index contributed by atoms with van der Waals surface area (Å²) < 4.78 is 0. The van der Waals surface area contributed by atoms with Crippen LogP contribution < -0.4 is 5.32 Å². The SMILES string of the molecule is OCCNc1cnccc1-c1ccccn1. The quantitative estimate of drug-likeness (QED) is 0.812. The average molecular weight is 215 g/mol. The van der Waals surface area contributed by atoms with Crippen LogP contribution in [0.3, 0.4) is 0 Å². The molecule has 0 radical (unpaired) electrons. The summed E-state index contributed by atoms with van der Waals surface area (Å²) in [6.45, 7) is 0.599. The molecule has 0 unspecified atom stereocenters. The molecule has 2 heterocycles. The predicted octanol–water partition coefficient (Wildman–Crippen LogP) is 1.55. The van der Waals surface area contributed by atoms with Gasteiger partial charge in [0, 0.05) is 24.5 Å². The van der Waals surface area contributed by atoms with Crippen molar-refractivity contribution in [2.45, 2.75) is 0 Å². The standard InChI is InChI=1S/C12H13N3O/c16-8-7-15-12-9-13-6-4-10(12)11-3-1-2-5-14-11/h1-6,9,15-16H,7-8H2. The molecule has 0 aliphatic heterocycles. The summed E-state index contributed by atoms with van der Waals surface area (Å²) in [5, 5.41) is 11.9. The van der Waals surface area contributed by atoms with Crippen LogP contribution >= 0.6 is 0 Å². The van der Waals surface area contributed by atoms with Crippen LogP contribution in [0, 0.1) is 0 Å². The largest absolute Gasteiger partial charge is 0.395 e. The minimum Gasteiger partial charge on any atom is -0.395 e. The fourth-order valence-electron chi connectivity index (χ4n) is 1.47. The van der Waals surface area contributed by atoms with E-state index in [0.29, 0.717) is 6.54 Å². The molecule has 2 rings (SSSR count). The number of hydrogen-bond donors (Lipinski definition) is 2. The normalized spacial score (nSPS) is 10.1. The first-order chi connectivity index (χ1) is 7.92. The van der Waals surface area contributed by atoms with Gasteiger partial charge in [-0.3, -0.25) is 9.97 Å². The van der Waals surface area contributed by atoms with Crippen molar-refractivity contribution in [2.75, 3.05) is 18.5 Å². The maximum atomic E-state index is 8.79. The van der Waals surface area contributed by atoms with Crippen molar-refractivity contribution in [3.63, 3.8) is 0 Å². The van der Waals surface area contributed by atoms with Crippen molar-refractivity contribution in [3.8, 4) is 11.3 Å². The van der Waals surface area contributed by atoms with Crippen LogP contribution in [0.4, 0.5) is 5.69 Å². The second-order valence-electron chi connectivity index (χ2n) is 3.29. The number of nitrogens with one attached hydrogen (secondary N) is 1. The van der Waals surface area contributed by atoms with E-state index in [1.165, 1.54) is 0 Å². The van der Waals surface area contributed by atoms with Gasteiger partial charge in [0.1, 0.15) is 0 Å². The minimum atomic E-state index is 0.0938. The van der Waals surface area contributed by atoms with Gasteiger partial charge in [0.2, 0.25) is 0 Å². The molecule has 0 aliphatic carbocycles. The van der Waals surface area contributed by atoms with Gasteiger partial charge in [0.05, 0.1) is 24.2 Å². The Balaban J connectivity index is 2.33. The van der Waals surface area contributed by atoms with E-state index < -0.39 is 0 Å². The van der Waals surface area contributed by atoms with Crippen molar-refractivity contribution in [2.24, 2.45) is 0 Å². The van der Waals surface area contributed by atoms with Crippen LogP contribution in [0.2, 0.25) is 0 Å². The van der Waals surface area contributed by atoms with E-state index in [9.17, 15) is 0 Å². The third-order valence-corrected chi connectivity index (χ3v) is 2.19.